The predicted molar refractivity (Wildman–Crippen MR) is 150 cm³/mol. The van der Waals surface area contributed by atoms with Crippen molar-refractivity contribution in [1.29, 1.82) is 0 Å². The van der Waals surface area contributed by atoms with Crippen LogP contribution in [0.1, 0.15) is 36.8 Å². The Morgan fingerprint density at radius 3 is 2.67 bits per heavy atom. The van der Waals surface area contributed by atoms with Crippen molar-refractivity contribution >= 4 is 45.7 Å². The highest BCUT2D eigenvalue weighted by molar-refractivity contribution is 7.99. The fourth-order valence-corrected chi connectivity index (χ4v) is 5.43. The number of thiazole rings is 1. The van der Waals surface area contributed by atoms with E-state index in [2.05, 4.69) is 72.1 Å². The Hall–Kier alpha value is -2.94. The van der Waals surface area contributed by atoms with Crippen molar-refractivity contribution < 1.29 is 4.79 Å². The normalized spacial score (nSPS) is 11.4. The third kappa shape index (κ3) is 6.63. The lowest BCUT2D eigenvalue weighted by atomic mass is 9.87. The number of nitrogens with one attached hydrogen (secondary N) is 1. The van der Waals surface area contributed by atoms with E-state index in [4.69, 9.17) is 11.6 Å². The van der Waals surface area contributed by atoms with Gasteiger partial charge in [0.25, 0.3) is 0 Å². The number of benzene rings is 2. The van der Waals surface area contributed by atoms with Crippen LogP contribution in [0.2, 0.25) is 5.02 Å². The van der Waals surface area contributed by atoms with Crippen LogP contribution in [0, 0.1) is 0 Å². The highest BCUT2D eigenvalue weighted by atomic mass is 35.5. The summed E-state index contributed by atoms with van der Waals surface area (Å²) in [5, 5.41) is 13.6. The molecule has 6 nitrogen and oxygen atoms in total. The molecule has 2 heterocycles. The number of allylic oxidation sites excluding steroid dienone is 1. The summed E-state index contributed by atoms with van der Waals surface area (Å²) >= 11 is 8.87. The Morgan fingerprint density at radius 1 is 1.19 bits per heavy atom. The van der Waals surface area contributed by atoms with Crippen LogP contribution < -0.4 is 5.32 Å². The summed E-state index contributed by atoms with van der Waals surface area (Å²) in [7, 11) is 0. The van der Waals surface area contributed by atoms with Gasteiger partial charge in [-0.25, -0.2) is 4.98 Å². The molecule has 0 fully saturated rings. The van der Waals surface area contributed by atoms with Gasteiger partial charge in [-0.2, -0.15) is 0 Å². The number of hydrogen-bond acceptors (Lipinski definition) is 6. The lowest BCUT2D eigenvalue weighted by molar-refractivity contribution is -0.113. The average Bonchev–Trinajstić information content (AvgIpc) is 3.44. The van der Waals surface area contributed by atoms with Gasteiger partial charge in [0.2, 0.25) is 5.91 Å². The molecule has 0 unspecified atom stereocenters. The highest BCUT2D eigenvalue weighted by Crippen LogP contribution is 2.28. The first-order valence-electron chi connectivity index (χ1n) is 11.5. The molecule has 186 valence electrons. The molecule has 9 heteroatoms. The number of rotatable bonds is 9. The van der Waals surface area contributed by atoms with Gasteiger partial charge in [-0.15, -0.1) is 28.1 Å². The quantitative estimate of drug-likeness (QED) is 0.186. The Labute approximate surface area is 224 Å². The van der Waals surface area contributed by atoms with Crippen LogP contribution >= 0.6 is 34.7 Å². The van der Waals surface area contributed by atoms with Gasteiger partial charge in [-0.05, 0) is 28.7 Å². The lowest BCUT2D eigenvalue weighted by Gasteiger charge is -2.19. The van der Waals surface area contributed by atoms with E-state index in [-0.39, 0.29) is 17.1 Å². The Bertz CT molecular complexity index is 1360. The molecule has 1 amide bonds. The monoisotopic (exact) mass is 537 g/mol. The van der Waals surface area contributed by atoms with Crippen LogP contribution in [0.5, 0.6) is 0 Å². The molecule has 0 spiro atoms. The van der Waals surface area contributed by atoms with E-state index in [9.17, 15) is 4.79 Å². The third-order valence-electron chi connectivity index (χ3n) is 5.44. The van der Waals surface area contributed by atoms with Gasteiger partial charge < -0.3 is 5.32 Å². The summed E-state index contributed by atoms with van der Waals surface area (Å²) in [6, 6.07) is 16.1. The van der Waals surface area contributed by atoms with Crippen LogP contribution in [0.25, 0.3) is 11.4 Å². The number of nitrogens with zero attached hydrogens (tertiary/aromatic N) is 4. The maximum Gasteiger partial charge on any atom is 0.236 e. The van der Waals surface area contributed by atoms with Gasteiger partial charge in [-0.3, -0.25) is 9.36 Å². The van der Waals surface area contributed by atoms with Crippen molar-refractivity contribution in [3.8, 4) is 11.4 Å². The van der Waals surface area contributed by atoms with Gasteiger partial charge in [-0.1, -0.05) is 86.6 Å². The first-order valence-corrected chi connectivity index (χ1v) is 13.7. The molecule has 1 N–H and O–H groups in total. The first kappa shape index (κ1) is 26.1. The average molecular weight is 538 g/mol. The minimum absolute atomic E-state index is 0.0785. The van der Waals surface area contributed by atoms with Crippen LogP contribution in [0.3, 0.4) is 0 Å². The second kappa shape index (κ2) is 11.4. The van der Waals surface area contributed by atoms with Crippen molar-refractivity contribution in [3.05, 3.63) is 88.4 Å². The summed E-state index contributed by atoms with van der Waals surface area (Å²) in [6.07, 6.45) is 4.30. The molecule has 0 saturated heterocycles. The van der Waals surface area contributed by atoms with Crippen molar-refractivity contribution in [3.63, 3.8) is 0 Å². The zero-order chi connectivity index (χ0) is 25.7. The molecule has 0 aliphatic carbocycles. The standard InChI is InChI=1S/C27H28ClN5OS2/c1-5-13-33-24(19-9-11-20(12-10-19)27(2,3)4)31-32-26(33)35-17-23(34)30-25-29-16-22(36-25)15-18-7-6-8-21(28)14-18/h5-12,14,16H,1,13,15,17H2,2-4H3,(H,29,30,34). The van der Waals surface area contributed by atoms with Crippen LogP contribution in [0.15, 0.2) is 72.5 Å². The smallest absolute Gasteiger partial charge is 0.236 e. The number of halogens is 1. The minimum atomic E-state index is -0.145. The van der Waals surface area contributed by atoms with Gasteiger partial charge in [0.15, 0.2) is 16.1 Å². The molecule has 2 aromatic heterocycles. The largest absolute Gasteiger partial charge is 0.301 e. The molecule has 4 aromatic rings. The fraction of sp³-hybridized carbons (Fsp3) is 0.259. The predicted octanol–water partition coefficient (Wildman–Crippen LogP) is 6.86. The zero-order valence-electron chi connectivity index (χ0n) is 20.5. The molecule has 0 aliphatic heterocycles. The van der Waals surface area contributed by atoms with E-state index in [0.29, 0.717) is 28.3 Å². The maximum absolute atomic E-state index is 12.6. The first-order chi connectivity index (χ1) is 17.2. The van der Waals surface area contributed by atoms with Crippen molar-refractivity contribution in [2.75, 3.05) is 11.1 Å². The molecule has 0 atom stereocenters. The van der Waals surface area contributed by atoms with E-state index >= 15 is 0 Å². The number of anilines is 1. The molecule has 0 aliphatic rings. The highest BCUT2D eigenvalue weighted by Gasteiger charge is 2.18. The van der Waals surface area contributed by atoms with Crippen LogP contribution in [-0.2, 0) is 23.2 Å². The number of carbonyl (C=O) groups excluding carboxylic acids is 1. The summed E-state index contributed by atoms with van der Waals surface area (Å²) < 4.78 is 1.98. The van der Waals surface area contributed by atoms with Crippen molar-refractivity contribution in [2.45, 2.75) is 44.3 Å². The van der Waals surface area contributed by atoms with Crippen LogP contribution in [0.4, 0.5) is 5.13 Å². The van der Waals surface area contributed by atoms with E-state index in [0.717, 1.165) is 21.8 Å². The van der Waals surface area contributed by atoms with Gasteiger partial charge >= 0.3 is 0 Å². The molecule has 36 heavy (non-hydrogen) atoms. The molecule has 4 rings (SSSR count). The number of carbonyl (C=O) groups is 1. The van der Waals surface area contributed by atoms with Crippen molar-refractivity contribution in [2.24, 2.45) is 0 Å². The SMILES string of the molecule is C=CCn1c(SCC(=O)Nc2ncc(Cc3cccc(Cl)c3)s2)nnc1-c1ccc(C(C)(C)C)cc1. The second-order valence-electron chi connectivity index (χ2n) is 9.31. The Balaban J connectivity index is 1.39. The van der Waals surface area contributed by atoms with Gasteiger partial charge in [0.05, 0.1) is 5.75 Å². The second-order valence-corrected chi connectivity index (χ2v) is 11.8. The summed E-state index contributed by atoms with van der Waals surface area (Å²) in [4.78, 5) is 18.0. The van der Waals surface area contributed by atoms with E-state index in [1.165, 1.54) is 28.7 Å². The maximum atomic E-state index is 12.6. The number of thioether (sulfide) groups is 1. The fourth-order valence-electron chi connectivity index (χ4n) is 3.60. The van der Waals surface area contributed by atoms with E-state index < -0.39 is 0 Å². The van der Waals surface area contributed by atoms with E-state index in [1.54, 1.807) is 12.3 Å². The summed E-state index contributed by atoms with van der Waals surface area (Å²) in [6.45, 7) is 11.0. The van der Waals surface area contributed by atoms with E-state index in [1.807, 2.05) is 28.8 Å². The van der Waals surface area contributed by atoms with Crippen LogP contribution in [-0.4, -0.2) is 31.4 Å². The zero-order valence-corrected chi connectivity index (χ0v) is 22.9. The lowest BCUT2D eigenvalue weighted by Crippen LogP contribution is -2.14. The topological polar surface area (TPSA) is 72.7 Å². The molecular weight excluding hydrogens is 510 g/mol. The number of aromatic nitrogens is 4. The summed E-state index contributed by atoms with van der Waals surface area (Å²) in [5.74, 6) is 0.804. The third-order valence-corrected chi connectivity index (χ3v) is 7.55. The minimum Gasteiger partial charge on any atom is -0.301 e. The number of amides is 1. The molecule has 0 saturated carbocycles. The summed E-state index contributed by atoms with van der Waals surface area (Å²) in [5.41, 5.74) is 3.41. The molecular formula is C27H28ClN5OS2. The molecule has 0 radical (unpaired) electrons. The van der Waals surface area contributed by atoms with Gasteiger partial charge in [0, 0.05) is 34.6 Å². The Kier molecular flexibility index (Phi) is 8.28. The molecule has 0 bridgehead atoms. The van der Waals surface area contributed by atoms with Gasteiger partial charge in [0.1, 0.15) is 0 Å². The molecule has 2 aromatic carbocycles. The number of hydrogen-bond donors (Lipinski definition) is 1. The Morgan fingerprint density at radius 2 is 1.97 bits per heavy atom. The van der Waals surface area contributed by atoms with Crippen molar-refractivity contribution in [1.82, 2.24) is 19.7 Å².